The second kappa shape index (κ2) is 9.01. The molecule has 6 rings (SSSR count). The van der Waals surface area contributed by atoms with E-state index in [0.29, 0.717) is 17.4 Å². The lowest BCUT2D eigenvalue weighted by Gasteiger charge is -2.34. The van der Waals surface area contributed by atoms with Crippen LogP contribution in [0.1, 0.15) is 54.6 Å². The topological polar surface area (TPSA) is 87.8 Å². The number of benzene rings is 1. The molecular formula is C28H32N6O. The number of fused-ring (bicyclic) bond motifs is 3. The number of nitrogens with one attached hydrogen (secondary N) is 1. The van der Waals surface area contributed by atoms with Crippen LogP contribution < -0.4 is 10.3 Å². The Morgan fingerprint density at radius 2 is 1.91 bits per heavy atom. The number of aromatic nitrogens is 1. The first kappa shape index (κ1) is 22.1. The highest BCUT2D eigenvalue weighted by molar-refractivity contribution is 6.06. The summed E-state index contributed by atoms with van der Waals surface area (Å²) in [6.07, 6.45) is 6.95. The van der Waals surface area contributed by atoms with Crippen molar-refractivity contribution in [2.24, 2.45) is 16.9 Å². The molecule has 2 fully saturated rings. The number of piperazine rings is 1. The van der Waals surface area contributed by atoms with Crippen molar-refractivity contribution in [1.82, 2.24) is 15.2 Å². The quantitative estimate of drug-likeness (QED) is 0.708. The van der Waals surface area contributed by atoms with E-state index in [0.717, 1.165) is 73.1 Å². The highest BCUT2D eigenvalue weighted by atomic mass is 16.3. The molecular weight excluding hydrogens is 436 g/mol. The molecule has 7 heteroatoms. The van der Waals surface area contributed by atoms with Crippen molar-refractivity contribution in [3.8, 4) is 11.8 Å². The van der Waals surface area contributed by atoms with E-state index in [1.165, 1.54) is 25.7 Å². The Morgan fingerprint density at radius 1 is 1.11 bits per heavy atom. The molecule has 0 bridgehead atoms. The van der Waals surface area contributed by atoms with Gasteiger partial charge in [-0.3, -0.25) is 9.99 Å². The summed E-state index contributed by atoms with van der Waals surface area (Å²) in [7, 11) is 0. The summed E-state index contributed by atoms with van der Waals surface area (Å²) in [4.78, 5) is 7.39. The van der Waals surface area contributed by atoms with Crippen LogP contribution in [0.2, 0.25) is 0 Å². The van der Waals surface area contributed by atoms with E-state index in [-0.39, 0.29) is 11.8 Å². The Balaban J connectivity index is 1.35. The van der Waals surface area contributed by atoms with E-state index in [9.17, 15) is 10.4 Å². The number of phenolic OH excluding ortho intramolecular Hbond substituents is 1. The molecule has 2 aromatic rings. The minimum absolute atomic E-state index is 0.0170. The maximum atomic E-state index is 10.4. The number of nitriles is 1. The van der Waals surface area contributed by atoms with Crippen LogP contribution in [-0.2, 0) is 6.42 Å². The van der Waals surface area contributed by atoms with Crippen molar-refractivity contribution in [1.29, 1.82) is 5.26 Å². The lowest BCUT2D eigenvalue weighted by atomic mass is 9.76. The Hall–Kier alpha value is -3.37. The van der Waals surface area contributed by atoms with Gasteiger partial charge in [-0.2, -0.15) is 10.4 Å². The molecule has 0 spiro atoms. The molecule has 0 radical (unpaired) electrons. The number of hydrazone groups is 1. The van der Waals surface area contributed by atoms with Gasteiger partial charge in [0.2, 0.25) is 0 Å². The lowest BCUT2D eigenvalue weighted by molar-refractivity contribution is 0.340. The van der Waals surface area contributed by atoms with Crippen LogP contribution in [0.25, 0.3) is 5.70 Å². The maximum absolute atomic E-state index is 10.4. The van der Waals surface area contributed by atoms with Gasteiger partial charge in [0.1, 0.15) is 11.8 Å². The number of nitrogens with zero attached hydrogens (tertiary/aromatic N) is 5. The van der Waals surface area contributed by atoms with Crippen molar-refractivity contribution in [3.05, 3.63) is 59.4 Å². The van der Waals surface area contributed by atoms with Crippen LogP contribution in [0.15, 0.2) is 42.0 Å². The summed E-state index contributed by atoms with van der Waals surface area (Å²) in [6, 6.07) is 11.9. The Labute approximate surface area is 206 Å². The number of anilines is 1. The number of aryl methyl sites for hydroxylation is 1. The number of rotatable bonds is 4. The predicted molar refractivity (Wildman–Crippen MR) is 137 cm³/mol. The fourth-order valence-corrected chi connectivity index (χ4v) is 6.44. The van der Waals surface area contributed by atoms with Gasteiger partial charge in [0.05, 0.1) is 40.1 Å². The minimum atomic E-state index is 0.0170. The summed E-state index contributed by atoms with van der Waals surface area (Å²) >= 11 is 0. The molecule has 3 heterocycles. The lowest BCUT2D eigenvalue weighted by Crippen LogP contribution is -2.42. The van der Waals surface area contributed by atoms with Gasteiger partial charge in [-0.15, -0.1) is 0 Å². The first-order valence-electron chi connectivity index (χ1n) is 12.9. The fourth-order valence-electron chi connectivity index (χ4n) is 6.44. The first-order chi connectivity index (χ1) is 17.1. The zero-order valence-electron chi connectivity index (χ0n) is 20.1. The van der Waals surface area contributed by atoms with Crippen molar-refractivity contribution >= 4 is 17.1 Å². The van der Waals surface area contributed by atoms with Gasteiger partial charge in [-0.25, -0.2) is 0 Å². The highest BCUT2D eigenvalue weighted by Gasteiger charge is 2.46. The van der Waals surface area contributed by atoms with E-state index < -0.39 is 0 Å². The number of hydrogen-bond acceptors (Lipinski definition) is 7. The average Bonchev–Trinajstić information content (AvgIpc) is 3.56. The second-order valence-electron chi connectivity index (χ2n) is 10.2. The van der Waals surface area contributed by atoms with E-state index in [1.54, 1.807) is 12.1 Å². The number of hydrogen-bond donors (Lipinski definition) is 2. The average molecular weight is 469 g/mol. The molecule has 1 saturated carbocycles. The van der Waals surface area contributed by atoms with E-state index in [2.05, 4.69) is 40.0 Å². The van der Waals surface area contributed by atoms with Crippen molar-refractivity contribution < 1.29 is 5.11 Å². The molecule has 0 amide bonds. The smallest absolute Gasteiger partial charge is 0.135 e. The van der Waals surface area contributed by atoms with Gasteiger partial charge in [-0.05, 0) is 55.9 Å². The van der Waals surface area contributed by atoms with E-state index in [1.807, 2.05) is 6.07 Å². The van der Waals surface area contributed by atoms with Gasteiger partial charge >= 0.3 is 0 Å². The summed E-state index contributed by atoms with van der Waals surface area (Å²) < 4.78 is 0. The van der Waals surface area contributed by atoms with Gasteiger partial charge in [0, 0.05) is 43.7 Å². The molecule has 1 saturated heterocycles. The SMILES string of the molecule is C=C(c1ccc2c(n1)CCC1C2=NN(c2ccc(C#N)c(O)c2)C1C1CCCC1)N1CCNCC1. The predicted octanol–water partition coefficient (Wildman–Crippen LogP) is 3.88. The molecule has 180 valence electrons. The third-order valence-corrected chi connectivity index (χ3v) is 8.25. The molecule has 2 atom stereocenters. The molecule has 1 aromatic carbocycles. The highest BCUT2D eigenvalue weighted by Crippen LogP contribution is 2.45. The third-order valence-electron chi connectivity index (χ3n) is 8.25. The molecule has 4 aliphatic rings. The second-order valence-corrected chi connectivity index (χ2v) is 10.2. The summed E-state index contributed by atoms with van der Waals surface area (Å²) in [5.74, 6) is 0.955. The number of pyridine rings is 1. The van der Waals surface area contributed by atoms with Crippen LogP contribution in [0.3, 0.4) is 0 Å². The van der Waals surface area contributed by atoms with Crippen molar-refractivity contribution in [2.75, 3.05) is 31.2 Å². The summed E-state index contributed by atoms with van der Waals surface area (Å²) in [5.41, 5.74) is 6.51. The zero-order valence-corrected chi connectivity index (χ0v) is 20.1. The van der Waals surface area contributed by atoms with Crippen LogP contribution in [0.4, 0.5) is 5.69 Å². The normalized spacial score (nSPS) is 24.0. The van der Waals surface area contributed by atoms with Crippen molar-refractivity contribution in [2.45, 2.75) is 44.6 Å². The first-order valence-corrected chi connectivity index (χ1v) is 12.9. The Kier molecular flexibility index (Phi) is 5.69. The molecule has 2 unspecified atom stereocenters. The molecule has 1 aromatic heterocycles. The van der Waals surface area contributed by atoms with Gasteiger partial charge < -0.3 is 15.3 Å². The standard InChI is InChI=1S/C28H32N6O/c1-18(33-14-12-30-13-15-33)24-10-8-22-25(31-24)11-9-23-27(22)32-34(28(23)19-4-2-3-5-19)21-7-6-20(17-29)26(35)16-21/h6-8,10,16,19,23,28,30,35H,1-5,9,11-15H2. The number of phenols is 1. The molecule has 35 heavy (non-hydrogen) atoms. The molecule has 2 aliphatic carbocycles. The molecule has 7 nitrogen and oxygen atoms in total. The van der Waals surface area contributed by atoms with Gasteiger partial charge in [0.15, 0.2) is 0 Å². The van der Waals surface area contributed by atoms with Crippen LogP contribution in [0.5, 0.6) is 5.75 Å². The van der Waals surface area contributed by atoms with Crippen LogP contribution in [0, 0.1) is 23.2 Å². The Bertz CT molecular complexity index is 1220. The fraction of sp³-hybridized carbons (Fsp3) is 0.464. The van der Waals surface area contributed by atoms with E-state index in [4.69, 9.17) is 10.1 Å². The van der Waals surface area contributed by atoms with Gasteiger partial charge in [0.25, 0.3) is 0 Å². The third kappa shape index (κ3) is 3.86. The minimum Gasteiger partial charge on any atom is -0.506 e. The zero-order chi connectivity index (χ0) is 23.9. The molecule has 2 N–H and O–H groups in total. The maximum Gasteiger partial charge on any atom is 0.135 e. The molecule has 2 aliphatic heterocycles. The summed E-state index contributed by atoms with van der Waals surface area (Å²) in [6.45, 7) is 8.23. The monoisotopic (exact) mass is 468 g/mol. The van der Waals surface area contributed by atoms with Gasteiger partial charge in [-0.1, -0.05) is 19.4 Å². The van der Waals surface area contributed by atoms with Crippen LogP contribution >= 0.6 is 0 Å². The Morgan fingerprint density at radius 3 is 2.66 bits per heavy atom. The van der Waals surface area contributed by atoms with E-state index >= 15 is 0 Å². The van der Waals surface area contributed by atoms with Crippen molar-refractivity contribution in [3.63, 3.8) is 0 Å². The largest absolute Gasteiger partial charge is 0.506 e. The number of aromatic hydroxyl groups is 1. The summed E-state index contributed by atoms with van der Waals surface area (Å²) in [5, 5.41) is 30.4. The van der Waals surface area contributed by atoms with Crippen LogP contribution in [-0.4, -0.2) is 52.9 Å².